The Labute approximate surface area is 122 Å². The minimum Gasteiger partial charge on any atom is -0.481 e. The third-order valence-corrected chi connectivity index (χ3v) is 3.48. The van der Waals surface area contributed by atoms with Crippen LogP contribution in [0.3, 0.4) is 0 Å². The van der Waals surface area contributed by atoms with Crippen LogP contribution in [0.2, 0.25) is 0 Å². The topological polar surface area (TPSA) is 97.1 Å². The first-order chi connectivity index (χ1) is 9.93. The van der Waals surface area contributed by atoms with Crippen molar-refractivity contribution in [1.82, 2.24) is 20.1 Å². The van der Waals surface area contributed by atoms with E-state index in [9.17, 15) is 9.59 Å². The molecule has 0 radical (unpaired) electrons. The van der Waals surface area contributed by atoms with Gasteiger partial charge < -0.3 is 10.4 Å². The van der Waals surface area contributed by atoms with E-state index in [1.54, 1.807) is 24.7 Å². The number of pyridine rings is 1. The second-order valence-electron chi connectivity index (χ2n) is 4.96. The number of nitrogens with zero attached hydrogens (tertiary/aromatic N) is 3. The number of rotatable bonds is 5. The molecule has 0 bridgehead atoms. The standard InChI is InChI=1S/C14H18N4O3/c1-4-9(14(20)21)6-16-13(19)10-5-11-8(2)17-18(3)12(11)15-7-10/h5,7,9H,4,6H2,1-3H3,(H,16,19)(H,20,21). The summed E-state index contributed by atoms with van der Waals surface area (Å²) >= 11 is 0. The number of carbonyl (C=O) groups is 2. The number of fused-ring (bicyclic) bond motifs is 1. The van der Waals surface area contributed by atoms with Gasteiger partial charge in [-0.2, -0.15) is 5.10 Å². The van der Waals surface area contributed by atoms with Gasteiger partial charge in [-0.25, -0.2) is 4.98 Å². The molecule has 1 unspecified atom stereocenters. The molecule has 0 aliphatic rings. The zero-order valence-corrected chi connectivity index (χ0v) is 12.3. The molecule has 0 spiro atoms. The summed E-state index contributed by atoms with van der Waals surface area (Å²) in [6, 6.07) is 1.72. The molecule has 2 N–H and O–H groups in total. The lowest BCUT2D eigenvalue weighted by atomic mass is 10.1. The van der Waals surface area contributed by atoms with Crippen LogP contribution in [0.4, 0.5) is 0 Å². The van der Waals surface area contributed by atoms with Gasteiger partial charge in [0.05, 0.1) is 17.2 Å². The van der Waals surface area contributed by atoms with Crippen LogP contribution in [0.15, 0.2) is 12.3 Å². The summed E-state index contributed by atoms with van der Waals surface area (Å²) in [5.41, 5.74) is 1.91. The summed E-state index contributed by atoms with van der Waals surface area (Å²) in [6.07, 6.45) is 1.94. The molecule has 0 fully saturated rings. The van der Waals surface area contributed by atoms with E-state index in [-0.39, 0.29) is 12.5 Å². The molecule has 0 saturated carbocycles. The van der Waals surface area contributed by atoms with Crippen LogP contribution >= 0.6 is 0 Å². The van der Waals surface area contributed by atoms with Gasteiger partial charge in [0.1, 0.15) is 0 Å². The third kappa shape index (κ3) is 3.01. The van der Waals surface area contributed by atoms with Crippen molar-refractivity contribution in [3.05, 3.63) is 23.5 Å². The molecule has 2 rings (SSSR count). The van der Waals surface area contributed by atoms with Crippen LogP contribution < -0.4 is 5.32 Å². The van der Waals surface area contributed by atoms with E-state index >= 15 is 0 Å². The maximum Gasteiger partial charge on any atom is 0.308 e. The smallest absolute Gasteiger partial charge is 0.308 e. The molecule has 0 aliphatic carbocycles. The first-order valence-corrected chi connectivity index (χ1v) is 6.74. The number of hydrogen-bond acceptors (Lipinski definition) is 4. The normalized spacial score (nSPS) is 12.3. The van der Waals surface area contributed by atoms with Gasteiger partial charge in [0.15, 0.2) is 5.65 Å². The summed E-state index contributed by atoms with van der Waals surface area (Å²) in [4.78, 5) is 27.2. The fourth-order valence-corrected chi connectivity index (χ4v) is 2.16. The van der Waals surface area contributed by atoms with Crippen molar-refractivity contribution in [2.24, 2.45) is 13.0 Å². The Kier molecular flexibility index (Phi) is 4.21. The molecule has 7 nitrogen and oxygen atoms in total. The fraction of sp³-hybridized carbons (Fsp3) is 0.429. The summed E-state index contributed by atoms with van der Waals surface area (Å²) < 4.78 is 1.66. The lowest BCUT2D eigenvalue weighted by Crippen LogP contribution is -2.32. The maximum atomic E-state index is 12.1. The van der Waals surface area contributed by atoms with E-state index in [1.165, 1.54) is 6.20 Å². The summed E-state index contributed by atoms with van der Waals surface area (Å²) in [5, 5.41) is 16.7. The van der Waals surface area contributed by atoms with Crippen molar-refractivity contribution >= 4 is 22.9 Å². The lowest BCUT2D eigenvalue weighted by molar-refractivity contribution is -0.141. The number of carbonyl (C=O) groups excluding carboxylic acids is 1. The van der Waals surface area contributed by atoms with E-state index in [1.807, 2.05) is 6.92 Å². The van der Waals surface area contributed by atoms with E-state index in [2.05, 4.69) is 15.4 Å². The quantitative estimate of drug-likeness (QED) is 0.860. The lowest BCUT2D eigenvalue weighted by Gasteiger charge is -2.11. The second kappa shape index (κ2) is 5.90. The number of aromatic nitrogens is 3. The van der Waals surface area contributed by atoms with Gasteiger partial charge in [-0.15, -0.1) is 0 Å². The molecule has 0 aliphatic heterocycles. The second-order valence-corrected chi connectivity index (χ2v) is 4.96. The maximum absolute atomic E-state index is 12.1. The van der Waals surface area contributed by atoms with Crippen molar-refractivity contribution in [3.8, 4) is 0 Å². The monoisotopic (exact) mass is 290 g/mol. The highest BCUT2D eigenvalue weighted by Crippen LogP contribution is 2.16. The number of nitrogens with one attached hydrogen (secondary N) is 1. The molecular weight excluding hydrogens is 272 g/mol. The van der Waals surface area contributed by atoms with Crippen molar-refractivity contribution < 1.29 is 14.7 Å². The van der Waals surface area contributed by atoms with Crippen LogP contribution in [0.5, 0.6) is 0 Å². The van der Waals surface area contributed by atoms with Gasteiger partial charge >= 0.3 is 5.97 Å². The predicted molar refractivity (Wildman–Crippen MR) is 77.0 cm³/mol. The highest BCUT2D eigenvalue weighted by Gasteiger charge is 2.17. The largest absolute Gasteiger partial charge is 0.481 e. The van der Waals surface area contributed by atoms with Gasteiger partial charge in [-0.1, -0.05) is 6.92 Å². The SMILES string of the molecule is CCC(CNC(=O)c1cnc2c(c1)c(C)nn2C)C(=O)O. The van der Waals surface area contributed by atoms with Crippen LogP contribution in [-0.4, -0.2) is 38.3 Å². The molecule has 2 aromatic rings. The first kappa shape index (κ1) is 15.0. The van der Waals surface area contributed by atoms with E-state index in [4.69, 9.17) is 5.11 Å². The first-order valence-electron chi connectivity index (χ1n) is 6.74. The third-order valence-electron chi connectivity index (χ3n) is 3.48. The molecule has 2 heterocycles. The molecule has 0 saturated heterocycles. The Morgan fingerprint density at radius 3 is 2.81 bits per heavy atom. The van der Waals surface area contributed by atoms with Crippen molar-refractivity contribution in [1.29, 1.82) is 0 Å². The van der Waals surface area contributed by atoms with Gasteiger partial charge in [0.2, 0.25) is 0 Å². The summed E-state index contributed by atoms with van der Waals surface area (Å²) in [5.74, 6) is -1.81. The minimum atomic E-state index is -0.908. The Morgan fingerprint density at radius 2 is 2.19 bits per heavy atom. The number of aryl methyl sites for hydroxylation is 2. The molecule has 2 aromatic heterocycles. The Morgan fingerprint density at radius 1 is 1.48 bits per heavy atom. The Balaban J connectivity index is 2.16. The predicted octanol–water partition coefficient (Wildman–Crippen LogP) is 1.12. The Bertz CT molecular complexity index is 693. The van der Waals surface area contributed by atoms with E-state index in [0.717, 1.165) is 11.1 Å². The number of hydrogen-bond donors (Lipinski definition) is 2. The number of carboxylic acids is 1. The number of amides is 1. The average molecular weight is 290 g/mol. The summed E-state index contributed by atoms with van der Waals surface area (Å²) in [6.45, 7) is 3.73. The van der Waals surface area contributed by atoms with Gasteiger partial charge in [-0.05, 0) is 19.4 Å². The van der Waals surface area contributed by atoms with Gasteiger partial charge in [0, 0.05) is 25.2 Å². The van der Waals surface area contributed by atoms with E-state index in [0.29, 0.717) is 17.6 Å². The highest BCUT2D eigenvalue weighted by molar-refractivity contribution is 5.97. The average Bonchev–Trinajstić information content (AvgIpc) is 2.73. The molecule has 1 amide bonds. The minimum absolute atomic E-state index is 0.106. The van der Waals surface area contributed by atoms with Gasteiger partial charge in [0.25, 0.3) is 5.91 Å². The fourth-order valence-electron chi connectivity index (χ4n) is 2.16. The molecule has 1 atom stereocenters. The highest BCUT2D eigenvalue weighted by atomic mass is 16.4. The molecular formula is C14H18N4O3. The van der Waals surface area contributed by atoms with Crippen LogP contribution in [-0.2, 0) is 11.8 Å². The Hall–Kier alpha value is -2.44. The summed E-state index contributed by atoms with van der Waals surface area (Å²) in [7, 11) is 1.79. The van der Waals surface area contributed by atoms with Crippen LogP contribution in [0.25, 0.3) is 11.0 Å². The van der Waals surface area contributed by atoms with Crippen molar-refractivity contribution in [2.45, 2.75) is 20.3 Å². The molecule has 112 valence electrons. The zero-order valence-electron chi connectivity index (χ0n) is 12.3. The molecule has 7 heteroatoms. The van der Waals surface area contributed by atoms with Crippen LogP contribution in [0, 0.1) is 12.8 Å². The van der Waals surface area contributed by atoms with Crippen molar-refractivity contribution in [2.75, 3.05) is 6.54 Å². The zero-order chi connectivity index (χ0) is 15.6. The van der Waals surface area contributed by atoms with Gasteiger partial charge in [-0.3, -0.25) is 14.3 Å². The number of carboxylic acid groups (broad SMARTS) is 1. The molecule has 21 heavy (non-hydrogen) atoms. The molecule has 0 aromatic carbocycles. The van der Waals surface area contributed by atoms with Crippen LogP contribution in [0.1, 0.15) is 29.4 Å². The van der Waals surface area contributed by atoms with E-state index < -0.39 is 11.9 Å². The number of aliphatic carboxylic acids is 1. The van der Waals surface area contributed by atoms with Crippen molar-refractivity contribution in [3.63, 3.8) is 0 Å².